The molecule has 3 fully saturated rings. The normalized spacial score (nSPS) is 39.3. The lowest BCUT2D eigenvalue weighted by Crippen LogP contribution is -2.43. The van der Waals surface area contributed by atoms with Crippen LogP contribution < -0.4 is 0 Å². The monoisotopic (exact) mass is 369 g/mol. The van der Waals surface area contributed by atoms with E-state index in [0.29, 0.717) is 5.92 Å². The fraction of sp³-hybridized carbons (Fsp3) is 0.440. The van der Waals surface area contributed by atoms with E-state index in [-0.39, 0.29) is 41.5 Å². The van der Waals surface area contributed by atoms with Crippen molar-refractivity contribution in [3.8, 4) is 0 Å². The van der Waals surface area contributed by atoms with E-state index in [9.17, 15) is 9.59 Å². The molecule has 1 saturated heterocycles. The third kappa shape index (κ3) is 1.68. The first-order valence-electron chi connectivity index (χ1n) is 10.8. The molecule has 5 aliphatic carbocycles. The Kier molecular flexibility index (Phi) is 2.84. The number of fused-ring (bicyclic) bond motifs is 2. The minimum absolute atomic E-state index is 0.0300. The van der Waals surface area contributed by atoms with Crippen LogP contribution in [0.4, 0.5) is 0 Å². The number of carbonyl (C=O) groups is 2. The van der Waals surface area contributed by atoms with Gasteiger partial charge >= 0.3 is 0 Å². The maximum atomic E-state index is 13.7. The second-order valence-electron chi connectivity index (χ2n) is 9.55. The summed E-state index contributed by atoms with van der Waals surface area (Å²) in [5.74, 6) is 1.15. The second-order valence-corrected chi connectivity index (χ2v) is 9.55. The minimum atomic E-state index is -0.207. The molecule has 0 N–H and O–H groups in total. The molecule has 8 rings (SSSR count). The first-order valence-corrected chi connectivity index (χ1v) is 10.8. The predicted octanol–water partition coefficient (Wildman–Crippen LogP) is 4.07. The molecular weight excluding hydrogens is 346 g/mol. The van der Waals surface area contributed by atoms with Crippen molar-refractivity contribution in [1.29, 1.82) is 0 Å². The molecule has 0 radical (unpaired) electrons. The molecule has 28 heavy (non-hydrogen) atoms. The van der Waals surface area contributed by atoms with Crippen LogP contribution in [0.3, 0.4) is 0 Å². The van der Waals surface area contributed by atoms with E-state index in [4.69, 9.17) is 0 Å². The van der Waals surface area contributed by atoms with Gasteiger partial charge < -0.3 is 0 Å². The van der Waals surface area contributed by atoms with Crippen LogP contribution in [0.25, 0.3) is 0 Å². The van der Waals surface area contributed by atoms with Gasteiger partial charge in [-0.15, -0.1) is 0 Å². The van der Waals surface area contributed by atoms with Gasteiger partial charge in [-0.2, -0.15) is 0 Å². The summed E-state index contributed by atoms with van der Waals surface area (Å²) in [5.41, 5.74) is 5.07. The first kappa shape index (κ1) is 15.5. The number of nitrogens with zero attached hydrogens (tertiary/aromatic N) is 1. The minimum Gasteiger partial charge on any atom is -0.279 e. The van der Waals surface area contributed by atoms with E-state index < -0.39 is 0 Å². The Morgan fingerprint density at radius 1 is 0.679 bits per heavy atom. The van der Waals surface area contributed by atoms with Gasteiger partial charge in [0.15, 0.2) is 0 Å². The lowest BCUT2D eigenvalue weighted by Gasteiger charge is -2.45. The molecule has 2 aromatic carbocycles. The van der Waals surface area contributed by atoms with Crippen LogP contribution in [0, 0.1) is 23.7 Å². The molecule has 2 aromatic rings. The average Bonchev–Trinajstić information content (AvgIpc) is 3.42. The van der Waals surface area contributed by atoms with Crippen LogP contribution in [0.1, 0.15) is 59.8 Å². The SMILES string of the molecule is O=C1C2C3c4ccccc4C(c4ccccc43)C2C(=O)N1C1CC2CCC1C2. The summed E-state index contributed by atoms with van der Waals surface area (Å²) >= 11 is 0. The molecule has 4 bridgehead atoms. The van der Waals surface area contributed by atoms with Crippen molar-refractivity contribution in [2.45, 2.75) is 43.6 Å². The number of rotatable bonds is 1. The van der Waals surface area contributed by atoms with Gasteiger partial charge in [-0.1, -0.05) is 55.0 Å². The summed E-state index contributed by atoms with van der Waals surface area (Å²) in [6.07, 6.45) is 4.72. The Labute approximate surface area is 164 Å². The van der Waals surface area contributed by atoms with Crippen LogP contribution >= 0.6 is 0 Å². The van der Waals surface area contributed by atoms with E-state index in [2.05, 4.69) is 48.5 Å². The highest BCUT2D eigenvalue weighted by molar-refractivity contribution is 6.08. The third-order valence-electron chi connectivity index (χ3n) is 8.51. The standard InChI is InChI=1S/C25H23NO2/c27-24-22-20-15-5-1-2-6-16(15)21(18-8-4-3-7-17(18)20)23(22)25(28)26(24)19-12-13-9-10-14(19)11-13/h1-8,13-14,19-23H,9-12H2. The van der Waals surface area contributed by atoms with Crippen molar-refractivity contribution in [3.05, 3.63) is 70.8 Å². The van der Waals surface area contributed by atoms with Crippen LogP contribution in [0.15, 0.2) is 48.5 Å². The lowest BCUT2D eigenvalue weighted by atomic mass is 9.55. The topological polar surface area (TPSA) is 37.4 Å². The van der Waals surface area contributed by atoms with Gasteiger partial charge in [0, 0.05) is 17.9 Å². The molecular formula is C25H23NO2. The van der Waals surface area contributed by atoms with Gasteiger partial charge in [0.05, 0.1) is 11.8 Å². The van der Waals surface area contributed by atoms with Crippen molar-refractivity contribution >= 4 is 11.8 Å². The quantitative estimate of drug-likeness (QED) is 0.711. The number of imide groups is 1. The molecule has 1 heterocycles. The van der Waals surface area contributed by atoms with Gasteiger partial charge in [0.1, 0.15) is 0 Å². The van der Waals surface area contributed by atoms with Crippen molar-refractivity contribution in [1.82, 2.24) is 4.90 Å². The third-order valence-corrected chi connectivity index (χ3v) is 8.51. The van der Waals surface area contributed by atoms with Gasteiger partial charge in [-0.05, 0) is 53.4 Å². The van der Waals surface area contributed by atoms with Gasteiger partial charge in [-0.3, -0.25) is 14.5 Å². The Bertz CT molecular complexity index is 927. The number of likely N-dealkylation sites (tertiary alicyclic amines) is 1. The van der Waals surface area contributed by atoms with Crippen LogP contribution in [-0.2, 0) is 9.59 Å². The summed E-state index contributed by atoms with van der Waals surface area (Å²) in [5, 5.41) is 0. The summed E-state index contributed by atoms with van der Waals surface area (Å²) in [6.45, 7) is 0. The van der Waals surface area contributed by atoms with Gasteiger partial charge in [-0.25, -0.2) is 0 Å². The summed E-state index contributed by atoms with van der Waals surface area (Å²) in [4.78, 5) is 29.2. The lowest BCUT2D eigenvalue weighted by molar-refractivity contribution is -0.144. The van der Waals surface area contributed by atoms with Crippen molar-refractivity contribution in [2.75, 3.05) is 0 Å². The summed E-state index contributed by atoms with van der Waals surface area (Å²) in [7, 11) is 0. The zero-order chi connectivity index (χ0) is 18.6. The number of hydrogen-bond acceptors (Lipinski definition) is 2. The van der Waals surface area contributed by atoms with Crippen molar-refractivity contribution < 1.29 is 9.59 Å². The van der Waals surface area contributed by atoms with E-state index in [1.807, 2.05) is 0 Å². The Morgan fingerprint density at radius 3 is 1.57 bits per heavy atom. The van der Waals surface area contributed by atoms with E-state index >= 15 is 0 Å². The number of carbonyl (C=O) groups excluding carboxylic acids is 2. The average molecular weight is 369 g/mol. The fourth-order valence-electron chi connectivity index (χ4n) is 7.55. The molecule has 0 spiro atoms. The van der Waals surface area contributed by atoms with Crippen molar-refractivity contribution in [3.63, 3.8) is 0 Å². The highest BCUT2D eigenvalue weighted by Crippen LogP contribution is 2.62. The number of benzene rings is 2. The molecule has 3 nitrogen and oxygen atoms in total. The Balaban J connectivity index is 1.40. The first-order chi connectivity index (χ1) is 13.7. The molecule has 2 amide bonds. The van der Waals surface area contributed by atoms with E-state index in [1.54, 1.807) is 4.90 Å². The predicted molar refractivity (Wildman–Crippen MR) is 105 cm³/mol. The number of amides is 2. The molecule has 2 saturated carbocycles. The second kappa shape index (κ2) is 5.14. The van der Waals surface area contributed by atoms with Crippen LogP contribution in [0.2, 0.25) is 0 Å². The van der Waals surface area contributed by atoms with Gasteiger partial charge in [0.25, 0.3) is 0 Å². The zero-order valence-corrected chi connectivity index (χ0v) is 15.8. The highest BCUT2D eigenvalue weighted by Gasteiger charge is 2.63. The largest absolute Gasteiger partial charge is 0.279 e. The summed E-state index contributed by atoms with van der Waals surface area (Å²) in [6, 6.07) is 17.2. The zero-order valence-electron chi connectivity index (χ0n) is 15.8. The Hall–Kier alpha value is -2.42. The maximum Gasteiger partial charge on any atom is 0.234 e. The maximum absolute atomic E-state index is 13.7. The Morgan fingerprint density at radius 2 is 1.18 bits per heavy atom. The van der Waals surface area contributed by atoms with Crippen molar-refractivity contribution in [2.24, 2.45) is 23.7 Å². The van der Waals surface area contributed by atoms with Crippen LogP contribution in [0.5, 0.6) is 0 Å². The molecule has 140 valence electrons. The molecule has 3 heteroatoms. The highest BCUT2D eigenvalue weighted by atomic mass is 16.2. The van der Waals surface area contributed by atoms with E-state index in [0.717, 1.165) is 12.3 Å². The summed E-state index contributed by atoms with van der Waals surface area (Å²) < 4.78 is 0. The molecule has 6 aliphatic rings. The smallest absolute Gasteiger partial charge is 0.234 e. The fourth-order valence-corrected chi connectivity index (χ4v) is 7.55. The molecule has 5 unspecified atom stereocenters. The molecule has 5 atom stereocenters. The van der Waals surface area contributed by atoms with E-state index in [1.165, 1.54) is 41.5 Å². The van der Waals surface area contributed by atoms with Crippen LogP contribution in [-0.4, -0.2) is 22.8 Å². The molecule has 0 aromatic heterocycles. The number of hydrogen-bond donors (Lipinski definition) is 0. The van der Waals surface area contributed by atoms with Gasteiger partial charge in [0.2, 0.25) is 11.8 Å². The molecule has 1 aliphatic heterocycles.